The van der Waals surface area contributed by atoms with Gasteiger partial charge in [-0.25, -0.2) is 0 Å². The Bertz CT molecular complexity index is 2070. The third kappa shape index (κ3) is 4.08. The Labute approximate surface area is 259 Å². The average Bonchev–Trinajstić information content (AvgIpc) is 3.33. The molecular formula is C43H33N. The second kappa shape index (κ2) is 10.4. The number of hydrogen-bond donors (Lipinski definition) is 0. The molecule has 44 heavy (non-hydrogen) atoms. The van der Waals surface area contributed by atoms with Gasteiger partial charge in [-0.05, 0) is 91.7 Å². The van der Waals surface area contributed by atoms with Gasteiger partial charge in [0.15, 0.2) is 0 Å². The van der Waals surface area contributed by atoms with Gasteiger partial charge in [0, 0.05) is 22.5 Å². The summed E-state index contributed by atoms with van der Waals surface area (Å²) in [6, 6.07) is 59.3. The highest BCUT2D eigenvalue weighted by atomic mass is 15.1. The maximum absolute atomic E-state index is 2.38. The SMILES string of the molecule is CC1(C)c2ccccc2-c2c(-c3ccccc3)c(-c3ccc(N(c4ccccc4)c4ccccc4)cc3)c3ccccc3c21. The molecule has 0 atom stereocenters. The Morgan fingerprint density at radius 3 is 1.50 bits per heavy atom. The van der Waals surface area contributed by atoms with E-state index in [1.807, 2.05) is 0 Å². The van der Waals surface area contributed by atoms with E-state index in [2.05, 4.69) is 183 Å². The second-order valence-electron chi connectivity index (χ2n) is 12.1. The number of nitrogens with zero attached hydrogens (tertiary/aromatic N) is 1. The minimum atomic E-state index is -0.108. The maximum Gasteiger partial charge on any atom is 0.0462 e. The lowest BCUT2D eigenvalue weighted by atomic mass is 9.77. The van der Waals surface area contributed by atoms with Crippen LogP contribution in [0.4, 0.5) is 17.1 Å². The molecule has 1 heteroatoms. The zero-order valence-electron chi connectivity index (χ0n) is 25.0. The number of anilines is 3. The lowest BCUT2D eigenvalue weighted by molar-refractivity contribution is 0.666. The summed E-state index contributed by atoms with van der Waals surface area (Å²) in [7, 11) is 0. The quantitative estimate of drug-likeness (QED) is 0.201. The molecule has 0 radical (unpaired) electrons. The van der Waals surface area contributed by atoms with Gasteiger partial charge in [0.25, 0.3) is 0 Å². The van der Waals surface area contributed by atoms with Crippen LogP contribution in [0.5, 0.6) is 0 Å². The first-order chi connectivity index (χ1) is 21.6. The Kier molecular flexibility index (Phi) is 6.20. The van der Waals surface area contributed by atoms with Crippen LogP contribution in [0.15, 0.2) is 164 Å². The lowest BCUT2D eigenvalue weighted by Gasteiger charge is -2.27. The molecule has 0 spiro atoms. The standard InChI is InChI=1S/C43H33N/c1-43(2)38-25-15-14-24-37(38)41-40(30-16-6-3-7-17-30)39(35-22-12-13-23-36(35)42(41)43)31-26-28-34(29-27-31)44(32-18-8-4-9-19-32)33-20-10-5-11-21-33/h3-29H,1-2H3. The van der Waals surface area contributed by atoms with E-state index in [4.69, 9.17) is 0 Å². The summed E-state index contributed by atoms with van der Waals surface area (Å²) in [4.78, 5) is 2.32. The zero-order chi connectivity index (χ0) is 29.7. The van der Waals surface area contributed by atoms with Crippen LogP contribution in [0.25, 0.3) is 44.2 Å². The molecule has 0 amide bonds. The van der Waals surface area contributed by atoms with Gasteiger partial charge in [-0.1, -0.05) is 141 Å². The number of para-hydroxylation sites is 2. The first kappa shape index (κ1) is 26.2. The first-order valence-corrected chi connectivity index (χ1v) is 15.4. The summed E-state index contributed by atoms with van der Waals surface area (Å²) < 4.78 is 0. The molecule has 0 saturated heterocycles. The Morgan fingerprint density at radius 2 is 0.864 bits per heavy atom. The van der Waals surface area contributed by atoms with Gasteiger partial charge in [0.05, 0.1) is 0 Å². The summed E-state index contributed by atoms with van der Waals surface area (Å²) in [6.07, 6.45) is 0. The maximum atomic E-state index is 2.38. The lowest BCUT2D eigenvalue weighted by Crippen LogP contribution is -2.15. The van der Waals surface area contributed by atoms with Crippen molar-refractivity contribution in [3.63, 3.8) is 0 Å². The summed E-state index contributed by atoms with van der Waals surface area (Å²) >= 11 is 0. The van der Waals surface area contributed by atoms with E-state index in [0.717, 1.165) is 17.1 Å². The highest BCUT2D eigenvalue weighted by molar-refractivity contribution is 6.14. The van der Waals surface area contributed by atoms with Crippen LogP contribution in [-0.4, -0.2) is 0 Å². The van der Waals surface area contributed by atoms with E-state index in [0.29, 0.717) is 0 Å². The van der Waals surface area contributed by atoms with Gasteiger partial charge in [0.1, 0.15) is 0 Å². The van der Waals surface area contributed by atoms with Crippen LogP contribution >= 0.6 is 0 Å². The van der Waals surface area contributed by atoms with Crippen molar-refractivity contribution in [2.24, 2.45) is 0 Å². The van der Waals surface area contributed by atoms with Gasteiger partial charge in [-0.15, -0.1) is 0 Å². The molecule has 0 unspecified atom stereocenters. The van der Waals surface area contributed by atoms with E-state index in [-0.39, 0.29) is 5.41 Å². The van der Waals surface area contributed by atoms with Gasteiger partial charge < -0.3 is 4.90 Å². The van der Waals surface area contributed by atoms with E-state index in [1.165, 1.54) is 55.3 Å². The molecule has 0 fully saturated rings. The fourth-order valence-electron chi connectivity index (χ4n) is 7.31. The second-order valence-corrected chi connectivity index (χ2v) is 12.1. The van der Waals surface area contributed by atoms with Crippen LogP contribution < -0.4 is 4.90 Å². The molecule has 0 aliphatic heterocycles. The van der Waals surface area contributed by atoms with Crippen LogP contribution in [0.2, 0.25) is 0 Å². The molecule has 1 aliphatic rings. The van der Waals surface area contributed by atoms with Crippen molar-refractivity contribution in [1.29, 1.82) is 0 Å². The summed E-state index contributed by atoms with van der Waals surface area (Å²) in [5, 5.41) is 2.62. The van der Waals surface area contributed by atoms with Crippen molar-refractivity contribution in [2.75, 3.05) is 4.90 Å². The molecule has 8 rings (SSSR count). The van der Waals surface area contributed by atoms with Crippen LogP contribution in [0.1, 0.15) is 25.0 Å². The molecule has 7 aromatic rings. The van der Waals surface area contributed by atoms with Crippen LogP contribution in [0, 0.1) is 0 Å². The molecule has 0 bridgehead atoms. The van der Waals surface area contributed by atoms with E-state index in [9.17, 15) is 0 Å². The predicted molar refractivity (Wildman–Crippen MR) is 187 cm³/mol. The highest BCUT2D eigenvalue weighted by Crippen LogP contribution is 2.57. The Hall–Kier alpha value is -5.40. The van der Waals surface area contributed by atoms with Crippen LogP contribution in [-0.2, 0) is 5.41 Å². The number of benzene rings is 7. The smallest absolute Gasteiger partial charge is 0.0462 e. The monoisotopic (exact) mass is 563 g/mol. The van der Waals surface area contributed by atoms with Gasteiger partial charge in [0.2, 0.25) is 0 Å². The largest absolute Gasteiger partial charge is 0.311 e. The highest BCUT2D eigenvalue weighted by Gasteiger charge is 2.39. The van der Waals surface area contributed by atoms with Crippen molar-refractivity contribution < 1.29 is 0 Å². The average molecular weight is 564 g/mol. The van der Waals surface area contributed by atoms with Crippen molar-refractivity contribution in [2.45, 2.75) is 19.3 Å². The van der Waals surface area contributed by atoms with Crippen LogP contribution in [0.3, 0.4) is 0 Å². The first-order valence-electron chi connectivity index (χ1n) is 15.4. The fraction of sp³-hybridized carbons (Fsp3) is 0.0698. The third-order valence-corrected chi connectivity index (χ3v) is 9.22. The number of hydrogen-bond acceptors (Lipinski definition) is 1. The van der Waals surface area contributed by atoms with Gasteiger partial charge in [-0.2, -0.15) is 0 Å². The van der Waals surface area contributed by atoms with Gasteiger partial charge in [-0.3, -0.25) is 0 Å². The molecule has 0 heterocycles. The van der Waals surface area contributed by atoms with Crippen molar-refractivity contribution in [1.82, 2.24) is 0 Å². The minimum Gasteiger partial charge on any atom is -0.311 e. The molecule has 0 aromatic heterocycles. The summed E-state index contributed by atoms with van der Waals surface area (Å²) in [5.41, 5.74) is 13.9. The fourth-order valence-corrected chi connectivity index (χ4v) is 7.31. The third-order valence-electron chi connectivity index (χ3n) is 9.22. The van der Waals surface area contributed by atoms with Gasteiger partial charge >= 0.3 is 0 Å². The Balaban J connectivity index is 1.41. The molecule has 0 N–H and O–H groups in total. The molecule has 1 nitrogen and oxygen atoms in total. The van der Waals surface area contributed by atoms with E-state index in [1.54, 1.807) is 0 Å². The van der Waals surface area contributed by atoms with Crippen molar-refractivity contribution in [3.05, 3.63) is 175 Å². The van der Waals surface area contributed by atoms with Crippen molar-refractivity contribution in [3.8, 4) is 33.4 Å². The zero-order valence-corrected chi connectivity index (χ0v) is 25.0. The molecule has 7 aromatic carbocycles. The normalized spacial score (nSPS) is 13.0. The van der Waals surface area contributed by atoms with E-state index < -0.39 is 0 Å². The molecule has 210 valence electrons. The summed E-state index contributed by atoms with van der Waals surface area (Å²) in [5.74, 6) is 0. The predicted octanol–water partition coefficient (Wildman–Crippen LogP) is 11.9. The minimum absolute atomic E-state index is 0.108. The molecule has 0 saturated carbocycles. The summed E-state index contributed by atoms with van der Waals surface area (Å²) in [6.45, 7) is 4.77. The number of fused-ring (bicyclic) bond motifs is 5. The van der Waals surface area contributed by atoms with Crippen molar-refractivity contribution >= 4 is 27.8 Å². The molecular weight excluding hydrogens is 530 g/mol. The topological polar surface area (TPSA) is 3.24 Å². The molecule has 1 aliphatic carbocycles. The Morgan fingerprint density at radius 1 is 0.386 bits per heavy atom. The van der Waals surface area contributed by atoms with E-state index >= 15 is 0 Å². The number of rotatable bonds is 5.